The first-order valence-corrected chi connectivity index (χ1v) is 8.32. The van der Waals surface area contributed by atoms with Crippen molar-refractivity contribution >= 4 is 29.2 Å². The number of halogens is 1. The number of aryl methyl sites for hydroxylation is 1. The van der Waals surface area contributed by atoms with E-state index in [9.17, 15) is 9.59 Å². The second kappa shape index (κ2) is 8.31. The number of carbonyl (C=O) groups excluding carboxylic acids is 1. The molecule has 1 unspecified atom stereocenters. The fraction of sp³-hybridized carbons (Fsp3) is 0.529. The number of aliphatic carboxylic acids is 1. The van der Waals surface area contributed by atoms with Gasteiger partial charge >= 0.3 is 5.97 Å². The molecule has 0 radical (unpaired) electrons. The number of amides is 1. The van der Waals surface area contributed by atoms with E-state index in [1.807, 2.05) is 13.0 Å². The van der Waals surface area contributed by atoms with Crippen LogP contribution in [0.25, 0.3) is 0 Å². The van der Waals surface area contributed by atoms with Gasteiger partial charge in [0.2, 0.25) is 5.91 Å². The molecule has 0 spiro atoms. The van der Waals surface area contributed by atoms with E-state index in [0.29, 0.717) is 23.9 Å². The molecule has 0 saturated carbocycles. The molecule has 1 saturated heterocycles. The van der Waals surface area contributed by atoms with Crippen LogP contribution in [0.3, 0.4) is 0 Å². The molecule has 1 fully saturated rings. The van der Waals surface area contributed by atoms with Crippen LogP contribution in [0.5, 0.6) is 0 Å². The molecule has 5 nitrogen and oxygen atoms in total. The van der Waals surface area contributed by atoms with E-state index < -0.39 is 5.97 Å². The number of nitrogens with one attached hydrogen (secondary N) is 1. The zero-order chi connectivity index (χ0) is 16.8. The molecule has 0 aliphatic carbocycles. The number of hydrogen-bond donors (Lipinski definition) is 2. The molecule has 1 aliphatic heterocycles. The fourth-order valence-electron chi connectivity index (χ4n) is 3.02. The summed E-state index contributed by atoms with van der Waals surface area (Å²) in [5.41, 5.74) is 1.71. The van der Waals surface area contributed by atoms with Crippen molar-refractivity contribution in [3.05, 3.63) is 28.8 Å². The van der Waals surface area contributed by atoms with Crippen molar-refractivity contribution in [2.45, 2.75) is 32.6 Å². The average molecular weight is 339 g/mol. The summed E-state index contributed by atoms with van der Waals surface area (Å²) in [6.07, 6.45) is 2.94. The highest BCUT2D eigenvalue weighted by Gasteiger charge is 2.22. The third-order valence-corrected chi connectivity index (χ3v) is 4.43. The third-order valence-electron chi connectivity index (χ3n) is 4.20. The van der Waals surface area contributed by atoms with Gasteiger partial charge in [0.1, 0.15) is 0 Å². The Labute approximate surface area is 141 Å². The van der Waals surface area contributed by atoms with E-state index in [1.165, 1.54) is 0 Å². The van der Waals surface area contributed by atoms with Crippen LogP contribution in [0.1, 0.15) is 31.2 Å². The Balaban J connectivity index is 1.83. The van der Waals surface area contributed by atoms with Gasteiger partial charge in [-0.15, -0.1) is 0 Å². The summed E-state index contributed by atoms with van der Waals surface area (Å²) in [4.78, 5) is 25.0. The molecular formula is C17H23ClN2O3. The van der Waals surface area contributed by atoms with Crippen LogP contribution in [-0.2, 0) is 9.59 Å². The van der Waals surface area contributed by atoms with Crippen LogP contribution in [0.15, 0.2) is 18.2 Å². The number of benzene rings is 1. The van der Waals surface area contributed by atoms with Crippen molar-refractivity contribution in [2.75, 3.05) is 25.0 Å². The van der Waals surface area contributed by atoms with Gasteiger partial charge < -0.3 is 10.4 Å². The lowest BCUT2D eigenvalue weighted by Gasteiger charge is -2.32. The predicted molar refractivity (Wildman–Crippen MR) is 90.9 cm³/mol. The minimum Gasteiger partial charge on any atom is -0.481 e. The Kier molecular flexibility index (Phi) is 6.42. The van der Waals surface area contributed by atoms with Gasteiger partial charge in [-0.25, -0.2) is 0 Å². The third kappa shape index (κ3) is 5.84. The number of carboxylic acids is 1. The van der Waals surface area contributed by atoms with Gasteiger partial charge in [-0.05, 0) is 62.4 Å². The van der Waals surface area contributed by atoms with E-state index in [2.05, 4.69) is 10.2 Å². The minimum atomic E-state index is -0.752. The molecular weight excluding hydrogens is 316 g/mol. The first kappa shape index (κ1) is 17.8. The summed E-state index contributed by atoms with van der Waals surface area (Å²) in [6, 6.07) is 5.38. The van der Waals surface area contributed by atoms with Crippen LogP contribution in [0.4, 0.5) is 5.69 Å². The van der Waals surface area contributed by atoms with Crippen LogP contribution >= 0.6 is 11.6 Å². The van der Waals surface area contributed by atoms with Gasteiger partial charge in [-0.2, -0.15) is 0 Å². The van der Waals surface area contributed by atoms with Gasteiger partial charge in [0.15, 0.2) is 0 Å². The van der Waals surface area contributed by atoms with Gasteiger partial charge in [0, 0.05) is 23.7 Å². The molecule has 0 bridgehead atoms. The number of anilines is 1. The average Bonchev–Trinajstić information content (AvgIpc) is 2.48. The lowest BCUT2D eigenvalue weighted by Crippen LogP contribution is -2.40. The van der Waals surface area contributed by atoms with Crippen LogP contribution in [0, 0.1) is 12.8 Å². The lowest BCUT2D eigenvalue weighted by molar-refractivity contribution is -0.137. The topological polar surface area (TPSA) is 69.6 Å². The molecule has 6 heteroatoms. The van der Waals surface area contributed by atoms with Crippen LogP contribution < -0.4 is 5.32 Å². The van der Waals surface area contributed by atoms with Gasteiger partial charge in [0.25, 0.3) is 0 Å². The highest BCUT2D eigenvalue weighted by Crippen LogP contribution is 2.22. The van der Waals surface area contributed by atoms with Crippen molar-refractivity contribution < 1.29 is 14.7 Å². The molecule has 23 heavy (non-hydrogen) atoms. The highest BCUT2D eigenvalue weighted by atomic mass is 35.5. The fourth-order valence-corrected chi connectivity index (χ4v) is 3.24. The maximum Gasteiger partial charge on any atom is 0.303 e. The molecule has 0 aromatic heterocycles. The Bertz CT molecular complexity index is 577. The van der Waals surface area contributed by atoms with Crippen molar-refractivity contribution in [2.24, 2.45) is 5.92 Å². The van der Waals surface area contributed by atoms with Crippen LogP contribution in [0.2, 0.25) is 5.02 Å². The van der Waals surface area contributed by atoms with Crippen LogP contribution in [-0.4, -0.2) is 41.5 Å². The zero-order valence-electron chi connectivity index (χ0n) is 13.3. The van der Waals surface area contributed by atoms with E-state index >= 15 is 0 Å². The maximum absolute atomic E-state index is 12.2. The Morgan fingerprint density at radius 2 is 2.22 bits per heavy atom. The summed E-state index contributed by atoms with van der Waals surface area (Å²) in [5, 5.41) is 12.3. The zero-order valence-corrected chi connectivity index (χ0v) is 14.1. The highest BCUT2D eigenvalue weighted by molar-refractivity contribution is 6.30. The smallest absolute Gasteiger partial charge is 0.303 e. The van der Waals surface area contributed by atoms with Gasteiger partial charge in [0.05, 0.1) is 6.54 Å². The quantitative estimate of drug-likeness (QED) is 0.836. The van der Waals surface area contributed by atoms with Crippen molar-refractivity contribution in [1.29, 1.82) is 0 Å². The largest absolute Gasteiger partial charge is 0.481 e. The Morgan fingerprint density at radius 3 is 2.91 bits per heavy atom. The van der Waals surface area contributed by atoms with E-state index in [0.717, 1.165) is 37.2 Å². The molecule has 1 amide bonds. The van der Waals surface area contributed by atoms with Crippen molar-refractivity contribution in [3.8, 4) is 0 Å². The number of carboxylic acid groups (broad SMARTS) is 1. The molecule has 1 atom stereocenters. The first-order valence-electron chi connectivity index (χ1n) is 7.94. The standard InChI is InChI=1S/C17H23ClN2O3/c1-12-9-14(18)5-6-15(12)19-16(21)11-20-8-2-3-13(10-20)4-7-17(22)23/h5-6,9,13H,2-4,7-8,10-11H2,1H3,(H,19,21)(H,22,23). The van der Waals surface area contributed by atoms with Gasteiger partial charge in [-0.3, -0.25) is 14.5 Å². The summed E-state index contributed by atoms with van der Waals surface area (Å²) >= 11 is 5.91. The van der Waals surface area contributed by atoms with Gasteiger partial charge in [-0.1, -0.05) is 11.6 Å². The summed E-state index contributed by atoms with van der Waals surface area (Å²) in [7, 11) is 0. The molecule has 2 rings (SSSR count). The molecule has 1 heterocycles. The number of nitrogens with zero attached hydrogens (tertiary/aromatic N) is 1. The number of hydrogen-bond acceptors (Lipinski definition) is 3. The number of carbonyl (C=O) groups is 2. The Hall–Kier alpha value is -1.59. The number of likely N-dealkylation sites (tertiary alicyclic amines) is 1. The maximum atomic E-state index is 12.2. The summed E-state index contributed by atoms with van der Waals surface area (Å²) in [6.45, 7) is 3.92. The van der Waals surface area contributed by atoms with E-state index in [-0.39, 0.29) is 12.3 Å². The SMILES string of the molecule is Cc1cc(Cl)ccc1NC(=O)CN1CCCC(CCC(=O)O)C1. The molecule has 1 aromatic carbocycles. The lowest BCUT2D eigenvalue weighted by atomic mass is 9.93. The van der Waals surface area contributed by atoms with E-state index in [4.69, 9.17) is 16.7 Å². The molecule has 2 N–H and O–H groups in total. The minimum absolute atomic E-state index is 0.0469. The second-order valence-corrected chi connectivity index (χ2v) is 6.62. The Morgan fingerprint density at radius 1 is 1.43 bits per heavy atom. The molecule has 1 aliphatic rings. The first-order chi connectivity index (χ1) is 10.9. The number of rotatable bonds is 6. The molecule has 126 valence electrons. The number of piperidine rings is 1. The monoisotopic (exact) mass is 338 g/mol. The second-order valence-electron chi connectivity index (χ2n) is 6.18. The molecule has 1 aromatic rings. The normalized spacial score (nSPS) is 18.6. The predicted octanol–water partition coefficient (Wildman–Crippen LogP) is 3.16. The summed E-state index contributed by atoms with van der Waals surface area (Å²) in [5.74, 6) is -0.433. The van der Waals surface area contributed by atoms with Crippen molar-refractivity contribution in [1.82, 2.24) is 4.90 Å². The summed E-state index contributed by atoms with van der Waals surface area (Å²) < 4.78 is 0. The van der Waals surface area contributed by atoms with Crippen molar-refractivity contribution in [3.63, 3.8) is 0 Å². The van der Waals surface area contributed by atoms with E-state index in [1.54, 1.807) is 12.1 Å².